The Hall–Kier alpha value is -5.35. The van der Waals surface area contributed by atoms with E-state index in [2.05, 4.69) is 20.1 Å². The zero-order valence-corrected chi connectivity index (χ0v) is 35.4. The molecule has 1 amide bonds. The molecule has 0 bridgehead atoms. The van der Waals surface area contributed by atoms with Gasteiger partial charge in [-0.25, -0.2) is 24.2 Å². The van der Waals surface area contributed by atoms with Crippen LogP contribution in [0.15, 0.2) is 40.0 Å². The molecule has 15 nitrogen and oxygen atoms in total. The number of piperazine rings is 1. The number of benzene rings is 2. The number of oxazole rings is 1. The number of hydrogen-bond acceptors (Lipinski definition) is 12. The van der Waals surface area contributed by atoms with Gasteiger partial charge < -0.3 is 35.5 Å². The number of carboxylic acid groups (broad SMARTS) is 3. The summed E-state index contributed by atoms with van der Waals surface area (Å²) in [6.07, 6.45) is -19.8. The lowest BCUT2D eigenvalue weighted by Crippen LogP contribution is -2.49. The molecule has 0 spiro atoms. The zero-order valence-electron chi connectivity index (χ0n) is 34.6. The number of anilines is 1. The molecule has 1 atom stereocenters. The van der Waals surface area contributed by atoms with Crippen molar-refractivity contribution in [2.75, 3.05) is 50.3 Å². The SMILES string of the molecule is CC(C)c1cc(OC(=O)[C@H](C)N)cc(C(C)C)c1NC(=O)CN1CCN(CCSc2nc3cccc(C(F)(F)F)c3o2)CC1.O=C(O)C(F)(F)F.O=C(O)C(F)(F)F.O=C(O)C(F)(F)F. The summed E-state index contributed by atoms with van der Waals surface area (Å²) in [7, 11) is 0. The number of hydrogen-bond donors (Lipinski definition) is 5. The number of nitrogens with two attached hydrogens (primary N) is 1. The van der Waals surface area contributed by atoms with Crippen molar-refractivity contribution in [3.05, 3.63) is 47.0 Å². The van der Waals surface area contributed by atoms with Crippen molar-refractivity contribution in [1.82, 2.24) is 14.8 Å². The number of thioether (sulfide) groups is 1. The first kappa shape index (κ1) is 57.7. The maximum Gasteiger partial charge on any atom is 0.490 e. The lowest BCUT2D eigenvalue weighted by molar-refractivity contribution is -0.193. The van der Waals surface area contributed by atoms with Gasteiger partial charge >= 0.3 is 48.6 Å². The van der Waals surface area contributed by atoms with Gasteiger partial charge in [-0.15, -0.1) is 0 Å². The molecule has 65 heavy (non-hydrogen) atoms. The standard InChI is InChI=1S/C31H40F3N5O4S.3C2HF3O2/c1-18(2)22-15-21(42-29(41)20(5)35)16-23(19(3)4)27(22)37-26(40)17-39-11-9-38(10-12-39)13-14-44-30-36-25-8-6-7-24(28(25)43-30)31(32,33)34;3*3-2(4,5)1(6)7/h6-8,15-16,18-20H,9-14,17,35H2,1-5H3,(H,37,40);3*(H,6,7)/t20-;;;/m0.../s1. The molecule has 1 saturated heterocycles. The van der Waals surface area contributed by atoms with Crippen molar-refractivity contribution < 1.29 is 101 Å². The molecular weight excluding hydrogens is 934 g/mol. The van der Waals surface area contributed by atoms with Crippen LogP contribution in [-0.4, -0.2) is 129 Å². The third-order valence-corrected chi connectivity index (χ3v) is 8.97. The maximum absolute atomic E-state index is 13.3. The highest BCUT2D eigenvalue weighted by Crippen LogP contribution is 2.38. The van der Waals surface area contributed by atoms with Crippen LogP contribution in [0.5, 0.6) is 5.75 Å². The molecule has 4 rings (SSSR count). The normalized spacial score (nSPS) is 14.3. The molecule has 1 aromatic heterocycles. The average molecular weight is 978 g/mol. The number of carboxylic acids is 3. The van der Waals surface area contributed by atoms with E-state index < -0.39 is 60.2 Å². The minimum absolute atomic E-state index is 0.0691. The number of nitrogens with one attached hydrogen (secondary N) is 1. The van der Waals surface area contributed by atoms with Gasteiger partial charge in [-0.2, -0.15) is 52.7 Å². The van der Waals surface area contributed by atoms with Crippen molar-refractivity contribution >= 4 is 58.3 Å². The Bertz CT molecular complexity index is 2000. The van der Waals surface area contributed by atoms with Gasteiger partial charge in [0.2, 0.25) is 5.91 Å². The number of halogens is 12. The zero-order chi connectivity index (χ0) is 50.4. The molecular formula is C37H43F12N5O10S. The van der Waals surface area contributed by atoms with Crippen LogP contribution < -0.4 is 15.8 Å². The summed E-state index contributed by atoms with van der Waals surface area (Å²) in [6, 6.07) is 6.66. The van der Waals surface area contributed by atoms with Crippen LogP contribution in [0.25, 0.3) is 11.1 Å². The molecule has 2 aromatic carbocycles. The molecule has 0 radical (unpaired) electrons. The van der Waals surface area contributed by atoms with Gasteiger partial charge in [-0.1, -0.05) is 45.5 Å². The summed E-state index contributed by atoms with van der Waals surface area (Å²) in [5.41, 5.74) is 7.31. The van der Waals surface area contributed by atoms with Crippen LogP contribution >= 0.6 is 11.8 Å². The smallest absolute Gasteiger partial charge is 0.475 e. The number of aromatic nitrogens is 1. The number of carbonyl (C=O) groups is 5. The highest BCUT2D eigenvalue weighted by atomic mass is 32.2. The third kappa shape index (κ3) is 20.1. The highest BCUT2D eigenvalue weighted by Gasteiger charge is 2.40. The number of nitrogens with zero attached hydrogens (tertiary/aromatic N) is 3. The van der Waals surface area contributed by atoms with Crippen molar-refractivity contribution in [2.24, 2.45) is 5.73 Å². The Balaban J connectivity index is 0.000000828. The largest absolute Gasteiger partial charge is 0.490 e. The predicted molar refractivity (Wildman–Crippen MR) is 206 cm³/mol. The summed E-state index contributed by atoms with van der Waals surface area (Å²) in [5.74, 6) is -7.75. The van der Waals surface area contributed by atoms with Crippen molar-refractivity contribution in [2.45, 2.75) is 82.4 Å². The number of amides is 1. The molecule has 3 aromatic rings. The second-order valence-electron chi connectivity index (χ2n) is 14.1. The minimum atomic E-state index is -5.08. The molecule has 28 heteroatoms. The van der Waals surface area contributed by atoms with Crippen LogP contribution in [0.4, 0.5) is 58.4 Å². The number of aliphatic carboxylic acids is 3. The van der Waals surface area contributed by atoms with Crippen LogP contribution in [0.2, 0.25) is 0 Å². The quantitative estimate of drug-likeness (QED) is 0.0540. The number of para-hydroxylation sites is 1. The minimum Gasteiger partial charge on any atom is -0.475 e. The van der Waals surface area contributed by atoms with Crippen molar-refractivity contribution in [3.8, 4) is 5.75 Å². The van der Waals surface area contributed by atoms with Gasteiger partial charge in [0.15, 0.2) is 5.58 Å². The predicted octanol–water partition coefficient (Wildman–Crippen LogP) is 7.59. The van der Waals surface area contributed by atoms with Crippen LogP contribution in [-0.2, 0) is 30.1 Å². The number of ether oxygens (including phenoxy) is 1. The molecule has 1 aliphatic heterocycles. The molecule has 1 fully saturated rings. The highest BCUT2D eigenvalue weighted by molar-refractivity contribution is 7.99. The second kappa shape index (κ2) is 24.3. The van der Waals surface area contributed by atoms with Gasteiger partial charge in [-0.3, -0.25) is 14.6 Å². The fraction of sp³-hybridized carbons (Fsp3) is 0.514. The summed E-state index contributed by atoms with van der Waals surface area (Å²) < 4.78 is 146. The Kier molecular flexibility index (Phi) is 21.5. The third-order valence-electron chi connectivity index (χ3n) is 8.16. The summed E-state index contributed by atoms with van der Waals surface area (Å²) in [6.45, 7) is 13.5. The van der Waals surface area contributed by atoms with Gasteiger partial charge in [-0.05, 0) is 54.2 Å². The van der Waals surface area contributed by atoms with E-state index in [4.69, 9.17) is 44.6 Å². The van der Waals surface area contributed by atoms with Crippen LogP contribution in [0, 0.1) is 0 Å². The van der Waals surface area contributed by atoms with Crippen LogP contribution in [0.1, 0.15) is 63.1 Å². The number of alkyl halides is 12. The molecule has 2 heterocycles. The summed E-state index contributed by atoms with van der Waals surface area (Å²) >= 11 is 1.29. The summed E-state index contributed by atoms with van der Waals surface area (Å²) in [4.78, 5) is 60.5. The van der Waals surface area contributed by atoms with E-state index in [0.717, 1.165) is 36.0 Å². The lowest BCUT2D eigenvalue weighted by Gasteiger charge is -2.34. The molecule has 0 aliphatic carbocycles. The van der Waals surface area contributed by atoms with Crippen molar-refractivity contribution in [1.29, 1.82) is 0 Å². The van der Waals surface area contributed by atoms with Gasteiger partial charge in [0.25, 0.3) is 5.22 Å². The fourth-order valence-electron chi connectivity index (χ4n) is 5.01. The Morgan fingerprint density at radius 2 is 1.20 bits per heavy atom. The number of esters is 1. The monoisotopic (exact) mass is 977 g/mol. The molecule has 0 saturated carbocycles. The Morgan fingerprint density at radius 3 is 1.58 bits per heavy atom. The van der Waals surface area contributed by atoms with E-state index in [-0.39, 0.29) is 40.6 Å². The Labute approximate surface area is 365 Å². The Morgan fingerprint density at radius 1 is 0.769 bits per heavy atom. The van der Waals surface area contributed by atoms with E-state index >= 15 is 0 Å². The molecule has 366 valence electrons. The first-order valence-corrected chi connectivity index (χ1v) is 19.4. The number of fused-ring (bicyclic) bond motifs is 1. The van der Waals surface area contributed by atoms with E-state index in [9.17, 15) is 62.3 Å². The second-order valence-corrected chi connectivity index (χ2v) is 15.1. The molecule has 0 unspecified atom stereocenters. The van der Waals surface area contributed by atoms with E-state index in [0.29, 0.717) is 31.1 Å². The number of rotatable bonds is 11. The van der Waals surface area contributed by atoms with Crippen molar-refractivity contribution in [3.63, 3.8) is 0 Å². The summed E-state index contributed by atoms with van der Waals surface area (Å²) in [5, 5.41) is 24.7. The molecule has 1 aliphatic rings. The van der Waals surface area contributed by atoms with Crippen LogP contribution in [0.3, 0.4) is 0 Å². The number of carbonyl (C=O) groups excluding carboxylic acids is 2. The average Bonchev–Trinajstić information content (AvgIpc) is 3.58. The maximum atomic E-state index is 13.3. The van der Waals surface area contributed by atoms with Gasteiger partial charge in [0.1, 0.15) is 22.9 Å². The van der Waals surface area contributed by atoms with Gasteiger partial charge in [0, 0.05) is 44.2 Å². The topological polar surface area (TPSA) is 226 Å². The van der Waals surface area contributed by atoms with Gasteiger partial charge in [0.05, 0.1) is 6.54 Å². The first-order chi connectivity index (χ1) is 29.6. The fourth-order valence-corrected chi connectivity index (χ4v) is 5.84. The van der Waals surface area contributed by atoms with E-state index in [1.54, 1.807) is 19.1 Å². The van der Waals surface area contributed by atoms with E-state index in [1.807, 2.05) is 27.7 Å². The lowest BCUT2D eigenvalue weighted by atomic mass is 9.92. The first-order valence-electron chi connectivity index (χ1n) is 18.5. The van der Waals surface area contributed by atoms with E-state index in [1.165, 1.54) is 23.9 Å². The molecule has 6 N–H and O–H groups in total.